The summed E-state index contributed by atoms with van der Waals surface area (Å²) in [5.41, 5.74) is 2.58. The molecular formula is C19H28N4O3S. The van der Waals surface area contributed by atoms with E-state index in [9.17, 15) is 13.2 Å². The number of rotatable bonds is 5. The number of amides is 1. The average molecular weight is 393 g/mol. The molecule has 1 fully saturated rings. The minimum absolute atomic E-state index is 0.0868. The molecule has 1 amide bonds. The van der Waals surface area contributed by atoms with E-state index >= 15 is 0 Å². The van der Waals surface area contributed by atoms with Crippen LogP contribution in [0.4, 0.5) is 0 Å². The smallest absolute Gasteiger partial charge is 0.222 e. The maximum absolute atomic E-state index is 12.5. The van der Waals surface area contributed by atoms with Crippen molar-refractivity contribution in [3.63, 3.8) is 0 Å². The lowest BCUT2D eigenvalue weighted by molar-refractivity contribution is -0.132. The monoisotopic (exact) mass is 392 g/mol. The van der Waals surface area contributed by atoms with Crippen LogP contribution in [0.1, 0.15) is 30.4 Å². The van der Waals surface area contributed by atoms with Gasteiger partial charge in [-0.05, 0) is 30.4 Å². The zero-order chi connectivity index (χ0) is 19.3. The highest BCUT2D eigenvalue weighted by molar-refractivity contribution is 7.91. The van der Waals surface area contributed by atoms with Crippen molar-refractivity contribution in [2.24, 2.45) is 4.99 Å². The van der Waals surface area contributed by atoms with Gasteiger partial charge in [-0.25, -0.2) is 8.42 Å². The number of sulfone groups is 1. The second-order valence-corrected chi connectivity index (χ2v) is 9.41. The van der Waals surface area contributed by atoms with E-state index < -0.39 is 9.84 Å². The lowest BCUT2D eigenvalue weighted by Gasteiger charge is -2.29. The Balaban J connectivity index is 1.37. The molecule has 2 aliphatic heterocycles. The van der Waals surface area contributed by atoms with Gasteiger partial charge in [0.2, 0.25) is 5.91 Å². The molecule has 7 nitrogen and oxygen atoms in total. The van der Waals surface area contributed by atoms with Gasteiger partial charge in [-0.15, -0.1) is 0 Å². The van der Waals surface area contributed by atoms with Gasteiger partial charge in [-0.2, -0.15) is 0 Å². The predicted molar refractivity (Wildman–Crippen MR) is 106 cm³/mol. The van der Waals surface area contributed by atoms with Crippen molar-refractivity contribution < 1.29 is 13.2 Å². The minimum Gasteiger partial charge on any atom is -0.356 e. The number of nitrogens with one attached hydrogen (secondary N) is 2. The Morgan fingerprint density at radius 2 is 2.07 bits per heavy atom. The Hall–Kier alpha value is -2.09. The summed E-state index contributed by atoms with van der Waals surface area (Å²) >= 11 is 0. The Labute approximate surface area is 161 Å². The average Bonchev–Trinajstić information content (AvgIpc) is 3.01. The molecule has 2 aliphatic rings. The number of nitrogens with zero attached hydrogens (tertiary/aromatic N) is 2. The van der Waals surface area contributed by atoms with E-state index in [1.54, 1.807) is 7.05 Å². The summed E-state index contributed by atoms with van der Waals surface area (Å²) in [7, 11) is -1.25. The van der Waals surface area contributed by atoms with E-state index in [1.807, 2.05) is 17.0 Å². The maximum Gasteiger partial charge on any atom is 0.222 e. The molecule has 2 heterocycles. The fourth-order valence-electron chi connectivity index (χ4n) is 3.61. The van der Waals surface area contributed by atoms with Gasteiger partial charge in [0.1, 0.15) is 0 Å². The summed E-state index contributed by atoms with van der Waals surface area (Å²) in [6.07, 6.45) is 2.73. The summed E-state index contributed by atoms with van der Waals surface area (Å²) in [6.45, 7) is 2.10. The van der Waals surface area contributed by atoms with Gasteiger partial charge in [0.25, 0.3) is 0 Å². The van der Waals surface area contributed by atoms with Crippen LogP contribution in [0.2, 0.25) is 0 Å². The Morgan fingerprint density at radius 1 is 1.30 bits per heavy atom. The molecule has 3 rings (SSSR count). The van der Waals surface area contributed by atoms with Crippen LogP contribution in [0.5, 0.6) is 0 Å². The van der Waals surface area contributed by atoms with Crippen LogP contribution < -0.4 is 10.6 Å². The number of aliphatic imine (C=N–C) groups is 1. The summed E-state index contributed by atoms with van der Waals surface area (Å²) in [5.74, 6) is 1.16. The minimum atomic E-state index is -2.91. The molecule has 0 spiro atoms. The van der Waals surface area contributed by atoms with E-state index in [-0.39, 0.29) is 23.5 Å². The first-order chi connectivity index (χ1) is 13.0. The molecule has 1 atom stereocenters. The molecule has 0 saturated carbocycles. The van der Waals surface area contributed by atoms with Gasteiger partial charge < -0.3 is 15.5 Å². The van der Waals surface area contributed by atoms with Crippen LogP contribution in [0, 0.1) is 0 Å². The standard InChI is InChI=1S/C19H28N4O3S/c1-20-19(22-17-9-12-27(25,26)14-17)21-10-4-7-18(24)23-11-8-15-5-2-3-6-16(15)13-23/h2-3,5-6,17H,4,7-14H2,1H3,(H2,20,21,22). The van der Waals surface area contributed by atoms with Gasteiger partial charge in [0.15, 0.2) is 15.8 Å². The molecule has 1 unspecified atom stereocenters. The van der Waals surface area contributed by atoms with Crippen molar-refractivity contribution >= 4 is 21.7 Å². The van der Waals surface area contributed by atoms with E-state index in [1.165, 1.54) is 11.1 Å². The topological polar surface area (TPSA) is 90.9 Å². The summed E-state index contributed by atoms with van der Waals surface area (Å²) < 4.78 is 23.1. The van der Waals surface area contributed by atoms with Gasteiger partial charge in [-0.1, -0.05) is 24.3 Å². The highest BCUT2D eigenvalue weighted by Crippen LogP contribution is 2.19. The third-order valence-electron chi connectivity index (χ3n) is 5.14. The van der Waals surface area contributed by atoms with Crippen LogP contribution >= 0.6 is 0 Å². The first kappa shape index (κ1) is 19.7. The molecular weight excluding hydrogens is 364 g/mol. The highest BCUT2D eigenvalue weighted by atomic mass is 32.2. The zero-order valence-electron chi connectivity index (χ0n) is 15.8. The predicted octanol–water partition coefficient (Wildman–Crippen LogP) is 0.704. The van der Waals surface area contributed by atoms with Crippen LogP contribution in [0.3, 0.4) is 0 Å². The van der Waals surface area contributed by atoms with Crippen molar-refractivity contribution in [2.45, 2.75) is 38.3 Å². The van der Waals surface area contributed by atoms with Crippen molar-refractivity contribution in [2.75, 3.05) is 31.6 Å². The lowest BCUT2D eigenvalue weighted by atomic mass is 9.99. The molecule has 0 bridgehead atoms. The zero-order valence-corrected chi connectivity index (χ0v) is 16.6. The summed E-state index contributed by atoms with van der Waals surface area (Å²) in [6, 6.07) is 8.20. The molecule has 1 aromatic carbocycles. The van der Waals surface area contributed by atoms with E-state index in [2.05, 4.69) is 27.8 Å². The molecule has 0 aliphatic carbocycles. The van der Waals surface area contributed by atoms with Gasteiger partial charge in [0.05, 0.1) is 11.5 Å². The molecule has 8 heteroatoms. The summed E-state index contributed by atoms with van der Waals surface area (Å²) in [5, 5.41) is 6.32. The second kappa shape index (κ2) is 8.73. The van der Waals surface area contributed by atoms with Crippen molar-refractivity contribution in [1.82, 2.24) is 15.5 Å². The molecule has 1 saturated heterocycles. The number of guanidine groups is 1. The molecule has 1 aromatic rings. The number of hydrogen-bond donors (Lipinski definition) is 2. The third-order valence-corrected chi connectivity index (χ3v) is 6.91. The highest BCUT2D eigenvalue weighted by Gasteiger charge is 2.28. The number of fused-ring (bicyclic) bond motifs is 1. The first-order valence-electron chi connectivity index (χ1n) is 9.49. The fraction of sp³-hybridized carbons (Fsp3) is 0.579. The molecule has 0 aromatic heterocycles. The molecule has 2 N–H and O–H groups in total. The van der Waals surface area contributed by atoms with E-state index in [0.29, 0.717) is 38.3 Å². The molecule has 27 heavy (non-hydrogen) atoms. The van der Waals surface area contributed by atoms with Crippen LogP contribution in [-0.2, 0) is 27.6 Å². The second-order valence-electron chi connectivity index (χ2n) is 7.18. The third kappa shape index (κ3) is 5.45. The first-order valence-corrected chi connectivity index (χ1v) is 11.3. The quantitative estimate of drug-likeness (QED) is 0.437. The van der Waals surface area contributed by atoms with Gasteiger partial charge in [0, 0.05) is 39.1 Å². The van der Waals surface area contributed by atoms with Crippen LogP contribution in [-0.4, -0.2) is 62.9 Å². The van der Waals surface area contributed by atoms with Crippen molar-refractivity contribution in [3.05, 3.63) is 35.4 Å². The van der Waals surface area contributed by atoms with Crippen molar-refractivity contribution in [3.8, 4) is 0 Å². The van der Waals surface area contributed by atoms with Crippen molar-refractivity contribution in [1.29, 1.82) is 0 Å². The number of carbonyl (C=O) groups excluding carboxylic acids is 1. The Morgan fingerprint density at radius 3 is 2.78 bits per heavy atom. The molecule has 0 radical (unpaired) electrons. The molecule has 148 valence electrons. The fourth-order valence-corrected chi connectivity index (χ4v) is 5.28. The van der Waals surface area contributed by atoms with Crippen LogP contribution in [0.15, 0.2) is 29.3 Å². The van der Waals surface area contributed by atoms with Gasteiger partial charge in [-0.3, -0.25) is 9.79 Å². The van der Waals surface area contributed by atoms with Crippen LogP contribution in [0.25, 0.3) is 0 Å². The largest absolute Gasteiger partial charge is 0.356 e. The SMILES string of the molecule is CN=C(NCCCC(=O)N1CCc2ccccc2C1)NC1CCS(=O)(=O)C1. The van der Waals surface area contributed by atoms with E-state index in [4.69, 9.17) is 0 Å². The Bertz CT molecular complexity index is 807. The van der Waals surface area contributed by atoms with Gasteiger partial charge >= 0.3 is 0 Å². The number of carbonyl (C=O) groups is 1. The number of benzene rings is 1. The Kier molecular flexibility index (Phi) is 6.36. The summed E-state index contributed by atoms with van der Waals surface area (Å²) in [4.78, 5) is 18.5. The maximum atomic E-state index is 12.5. The van der Waals surface area contributed by atoms with E-state index in [0.717, 1.165) is 13.0 Å². The number of hydrogen-bond acceptors (Lipinski definition) is 4. The normalized spacial score (nSPS) is 21.6. The lowest BCUT2D eigenvalue weighted by Crippen LogP contribution is -2.44.